The number of nitrogens with zero attached hydrogens (tertiary/aromatic N) is 3. The summed E-state index contributed by atoms with van der Waals surface area (Å²) >= 11 is 0. The van der Waals surface area contributed by atoms with Crippen LogP contribution in [0.1, 0.15) is 16.8 Å². The van der Waals surface area contributed by atoms with Gasteiger partial charge < -0.3 is 5.32 Å². The van der Waals surface area contributed by atoms with Crippen molar-refractivity contribution >= 4 is 17.7 Å². The lowest BCUT2D eigenvalue weighted by Gasteiger charge is -2.00. The molecular formula is C15H16N4O3. The van der Waals surface area contributed by atoms with Crippen LogP contribution in [0, 0.1) is 17.0 Å². The molecule has 22 heavy (non-hydrogen) atoms. The summed E-state index contributed by atoms with van der Waals surface area (Å²) in [6, 6.07) is 6.09. The second-order valence-electron chi connectivity index (χ2n) is 4.82. The molecule has 2 aromatic rings. The van der Waals surface area contributed by atoms with Crippen LogP contribution in [0.25, 0.3) is 6.08 Å². The predicted octanol–water partition coefficient (Wildman–Crippen LogP) is 1.97. The fourth-order valence-electron chi connectivity index (χ4n) is 1.98. The Morgan fingerprint density at radius 2 is 2.27 bits per heavy atom. The van der Waals surface area contributed by atoms with Crippen LogP contribution in [0.15, 0.2) is 36.5 Å². The fraction of sp³-hybridized carbons (Fsp3) is 0.200. The van der Waals surface area contributed by atoms with E-state index >= 15 is 0 Å². The number of amides is 1. The van der Waals surface area contributed by atoms with Gasteiger partial charge in [0, 0.05) is 43.6 Å². The van der Waals surface area contributed by atoms with Gasteiger partial charge in [-0.25, -0.2) is 0 Å². The van der Waals surface area contributed by atoms with Gasteiger partial charge in [-0.2, -0.15) is 5.10 Å². The van der Waals surface area contributed by atoms with Crippen LogP contribution in [0.3, 0.4) is 0 Å². The zero-order valence-electron chi connectivity index (χ0n) is 12.3. The van der Waals surface area contributed by atoms with E-state index in [-0.39, 0.29) is 11.6 Å². The molecule has 0 aliphatic rings. The number of carbonyl (C=O) groups excluding carboxylic acids is 1. The molecule has 114 valence electrons. The second kappa shape index (κ2) is 6.66. The normalized spacial score (nSPS) is 10.8. The average Bonchev–Trinajstić information content (AvgIpc) is 2.81. The van der Waals surface area contributed by atoms with E-state index in [0.29, 0.717) is 12.1 Å². The molecule has 7 heteroatoms. The maximum absolute atomic E-state index is 11.8. The molecule has 7 nitrogen and oxygen atoms in total. The van der Waals surface area contributed by atoms with Crippen molar-refractivity contribution in [2.24, 2.45) is 7.05 Å². The van der Waals surface area contributed by atoms with Crippen LogP contribution < -0.4 is 5.32 Å². The van der Waals surface area contributed by atoms with Gasteiger partial charge in [-0.3, -0.25) is 19.6 Å². The van der Waals surface area contributed by atoms with E-state index in [4.69, 9.17) is 0 Å². The Morgan fingerprint density at radius 3 is 2.91 bits per heavy atom. The molecule has 0 atom stereocenters. The van der Waals surface area contributed by atoms with Crippen LogP contribution in [0.4, 0.5) is 5.69 Å². The zero-order chi connectivity index (χ0) is 16.1. The van der Waals surface area contributed by atoms with E-state index in [1.807, 2.05) is 20.2 Å². The van der Waals surface area contributed by atoms with Crippen LogP contribution in [-0.4, -0.2) is 20.6 Å². The first-order valence-electron chi connectivity index (χ1n) is 6.65. The van der Waals surface area contributed by atoms with E-state index in [0.717, 1.165) is 11.3 Å². The average molecular weight is 300 g/mol. The zero-order valence-corrected chi connectivity index (χ0v) is 12.3. The number of rotatable bonds is 5. The number of nitro groups is 1. The Morgan fingerprint density at radius 1 is 1.50 bits per heavy atom. The van der Waals surface area contributed by atoms with Crippen molar-refractivity contribution in [3.05, 3.63) is 63.5 Å². The molecule has 1 aromatic carbocycles. The van der Waals surface area contributed by atoms with E-state index < -0.39 is 4.92 Å². The van der Waals surface area contributed by atoms with E-state index in [9.17, 15) is 14.9 Å². The fourth-order valence-corrected chi connectivity index (χ4v) is 1.98. The molecule has 1 N–H and O–H groups in total. The highest BCUT2D eigenvalue weighted by molar-refractivity contribution is 5.91. The maximum atomic E-state index is 11.8. The highest BCUT2D eigenvalue weighted by Crippen LogP contribution is 2.14. The van der Waals surface area contributed by atoms with Crippen LogP contribution in [0.2, 0.25) is 0 Å². The lowest BCUT2D eigenvalue weighted by molar-refractivity contribution is -0.384. The van der Waals surface area contributed by atoms with E-state index in [2.05, 4.69) is 10.4 Å². The number of carbonyl (C=O) groups is 1. The number of aryl methyl sites for hydroxylation is 2. The molecule has 0 aliphatic heterocycles. The molecule has 1 heterocycles. The minimum Gasteiger partial charge on any atom is -0.348 e. The number of nitrogens with one attached hydrogen (secondary N) is 1. The molecule has 0 fully saturated rings. The minimum atomic E-state index is -0.470. The Balaban J connectivity index is 1.95. The topological polar surface area (TPSA) is 90.1 Å². The Kier molecular flexibility index (Phi) is 4.67. The quantitative estimate of drug-likeness (QED) is 0.519. The second-order valence-corrected chi connectivity index (χ2v) is 4.82. The smallest absolute Gasteiger partial charge is 0.270 e. The third kappa shape index (κ3) is 4.02. The summed E-state index contributed by atoms with van der Waals surface area (Å²) in [5, 5.41) is 17.6. The summed E-state index contributed by atoms with van der Waals surface area (Å²) in [7, 11) is 1.82. The standard InChI is InChI=1S/C15H16N4O3/c1-11-13(10-18(2)17-11)9-16-15(20)7-6-12-4-3-5-14(8-12)19(21)22/h3-8,10H,9H2,1-2H3,(H,16,20)/b7-6+. The molecular weight excluding hydrogens is 284 g/mol. The maximum Gasteiger partial charge on any atom is 0.270 e. The molecule has 0 spiro atoms. The van der Waals surface area contributed by atoms with Crippen LogP contribution >= 0.6 is 0 Å². The van der Waals surface area contributed by atoms with Crippen molar-refractivity contribution < 1.29 is 9.72 Å². The molecule has 1 amide bonds. The Bertz CT molecular complexity index is 734. The number of aromatic nitrogens is 2. The first-order chi connectivity index (χ1) is 10.5. The van der Waals surface area contributed by atoms with Crippen molar-refractivity contribution in [1.29, 1.82) is 0 Å². The van der Waals surface area contributed by atoms with Gasteiger partial charge >= 0.3 is 0 Å². The van der Waals surface area contributed by atoms with E-state index in [1.165, 1.54) is 18.2 Å². The summed E-state index contributed by atoms with van der Waals surface area (Å²) in [6.45, 7) is 2.26. The molecule has 0 bridgehead atoms. The van der Waals surface area contributed by atoms with Crippen LogP contribution in [-0.2, 0) is 18.4 Å². The summed E-state index contributed by atoms with van der Waals surface area (Å²) in [5.74, 6) is -0.269. The van der Waals surface area contributed by atoms with Crippen molar-refractivity contribution in [2.75, 3.05) is 0 Å². The van der Waals surface area contributed by atoms with Crippen molar-refractivity contribution in [3.8, 4) is 0 Å². The number of non-ortho nitro benzene ring substituents is 1. The van der Waals surface area contributed by atoms with Gasteiger partial charge in [-0.15, -0.1) is 0 Å². The predicted molar refractivity (Wildman–Crippen MR) is 81.9 cm³/mol. The molecule has 0 aliphatic carbocycles. The molecule has 2 rings (SSSR count). The Hall–Kier alpha value is -2.96. The van der Waals surface area contributed by atoms with E-state index in [1.54, 1.807) is 22.9 Å². The van der Waals surface area contributed by atoms with Crippen LogP contribution in [0.5, 0.6) is 0 Å². The first-order valence-corrected chi connectivity index (χ1v) is 6.65. The highest BCUT2D eigenvalue weighted by atomic mass is 16.6. The summed E-state index contributed by atoms with van der Waals surface area (Å²) in [6.07, 6.45) is 4.74. The van der Waals surface area contributed by atoms with Crippen molar-refractivity contribution in [1.82, 2.24) is 15.1 Å². The van der Waals surface area contributed by atoms with Gasteiger partial charge in [-0.05, 0) is 18.6 Å². The number of hydrogen-bond acceptors (Lipinski definition) is 4. The molecule has 0 saturated carbocycles. The first kappa shape index (κ1) is 15.4. The number of hydrogen-bond donors (Lipinski definition) is 1. The van der Waals surface area contributed by atoms with Gasteiger partial charge in [0.1, 0.15) is 0 Å². The van der Waals surface area contributed by atoms with Gasteiger partial charge in [-0.1, -0.05) is 12.1 Å². The molecule has 0 radical (unpaired) electrons. The third-order valence-electron chi connectivity index (χ3n) is 3.08. The van der Waals surface area contributed by atoms with Gasteiger partial charge in [0.05, 0.1) is 10.6 Å². The molecule has 0 unspecified atom stereocenters. The van der Waals surface area contributed by atoms with Crippen molar-refractivity contribution in [2.45, 2.75) is 13.5 Å². The minimum absolute atomic E-state index is 0.00598. The summed E-state index contributed by atoms with van der Waals surface area (Å²) < 4.78 is 1.69. The third-order valence-corrected chi connectivity index (χ3v) is 3.08. The lowest BCUT2D eigenvalue weighted by Crippen LogP contribution is -2.20. The van der Waals surface area contributed by atoms with Crippen molar-refractivity contribution in [3.63, 3.8) is 0 Å². The lowest BCUT2D eigenvalue weighted by atomic mass is 10.2. The Labute approximate surface area is 127 Å². The largest absolute Gasteiger partial charge is 0.348 e. The highest BCUT2D eigenvalue weighted by Gasteiger charge is 2.05. The SMILES string of the molecule is Cc1nn(C)cc1CNC(=O)/C=C/c1cccc([N+](=O)[O-])c1. The van der Waals surface area contributed by atoms with Gasteiger partial charge in [0.15, 0.2) is 0 Å². The van der Waals surface area contributed by atoms with Gasteiger partial charge in [0.25, 0.3) is 5.69 Å². The summed E-state index contributed by atoms with van der Waals surface area (Å²) in [5.41, 5.74) is 2.40. The molecule has 0 saturated heterocycles. The number of nitro benzene ring substituents is 1. The monoisotopic (exact) mass is 300 g/mol. The molecule has 1 aromatic heterocycles. The van der Waals surface area contributed by atoms with Gasteiger partial charge in [0.2, 0.25) is 5.91 Å². The number of benzene rings is 1. The summed E-state index contributed by atoms with van der Waals surface area (Å²) in [4.78, 5) is 22.0.